The first-order valence-electron chi connectivity index (χ1n) is 12.3. The first-order valence-corrected chi connectivity index (χ1v) is 13.6. The standard InChI is InChI=1S/C25H39N5OS/c1-3-11-28-12-6-13-29(16-15-28)23(9-17-32-2)25(31)30-14-10-26-19-24(30)21-18-27-22-8-5-4-7-20(21)22/h4-5,7-8,18,23-24,26-27H,3,6,9-17,19H2,1-2H3/t23-,24?/m1/s1. The Hall–Kier alpha value is -1.54. The van der Waals surface area contributed by atoms with Gasteiger partial charge in [0.15, 0.2) is 0 Å². The maximum Gasteiger partial charge on any atom is 0.240 e. The normalized spacial score (nSPS) is 22.2. The van der Waals surface area contributed by atoms with E-state index in [4.69, 9.17) is 0 Å². The van der Waals surface area contributed by atoms with Crippen molar-refractivity contribution in [1.82, 2.24) is 25.0 Å². The molecule has 2 atom stereocenters. The number of aromatic nitrogens is 1. The van der Waals surface area contributed by atoms with Crippen molar-refractivity contribution >= 4 is 28.6 Å². The fourth-order valence-corrected chi connectivity index (χ4v) is 5.80. The average Bonchev–Trinajstić information content (AvgIpc) is 3.12. The smallest absolute Gasteiger partial charge is 0.240 e. The van der Waals surface area contributed by atoms with Crippen molar-refractivity contribution in [3.63, 3.8) is 0 Å². The van der Waals surface area contributed by atoms with Crippen molar-refractivity contribution in [1.29, 1.82) is 0 Å². The fraction of sp³-hybridized carbons (Fsp3) is 0.640. The third-order valence-corrected chi connectivity index (χ3v) is 7.63. The zero-order valence-corrected chi connectivity index (χ0v) is 20.5. The predicted octanol–water partition coefficient (Wildman–Crippen LogP) is 3.18. The molecule has 0 saturated carbocycles. The summed E-state index contributed by atoms with van der Waals surface area (Å²) in [5, 5.41) is 4.76. The minimum atomic E-state index is -0.0187. The van der Waals surface area contributed by atoms with E-state index >= 15 is 0 Å². The quantitative estimate of drug-likeness (QED) is 0.638. The lowest BCUT2D eigenvalue weighted by molar-refractivity contribution is -0.140. The summed E-state index contributed by atoms with van der Waals surface area (Å²) in [6, 6.07) is 8.48. The van der Waals surface area contributed by atoms with Crippen LogP contribution in [0, 0.1) is 0 Å². The highest BCUT2D eigenvalue weighted by Crippen LogP contribution is 2.30. The number of piperazine rings is 1. The zero-order valence-electron chi connectivity index (χ0n) is 19.7. The van der Waals surface area contributed by atoms with Crippen LogP contribution in [0.15, 0.2) is 30.5 Å². The first-order chi connectivity index (χ1) is 15.7. The molecule has 7 heteroatoms. The second-order valence-corrected chi connectivity index (χ2v) is 10.1. The molecule has 2 saturated heterocycles. The van der Waals surface area contributed by atoms with Gasteiger partial charge in [-0.25, -0.2) is 0 Å². The van der Waals surface area contributed by atoms with Crippen LogP contribution in [0.25, 0.3) is 10.9 Å². The number of para-hydroxylation sites is 1. The second-order valence-electron chi connectivity index (χ2n) is 9.07. The number of hydrogen-bond donors (Lipinski definition) is 2. The van der Waals surface area contributed by atoms with Crippen LogP contribution >= 0.6 is 11.8 Å². The lowest BCUT2D eigenvalue weighted by Crippen LogP contribution is -2.56. The van der Waals surface area contributed by atoms with Gasteiger partial charge in [-0.1, -0.05) is 25.1 Å². The number of carbonyl (C=O) groups is 1. The van der Waals surface area contributed by atoms with Crippen molar-refractivity contribution in [3.8, 4) is 0 Å². The number of nitrogens with zero attached hydrogens (tertiary/aromatic N) is 3. The third kappa shape index (κ3) is 5.33. The molecule has 0 bridgehead atoms. The van der Waals surface area contributed by atoms with E-state index in [-0.39, 0.29) is 12.1 Å². The Kier molecular flexibility index (Phi) is 8.52. The molecule has 0 aliphatic carbocycles. The number of thioether (sulfide) groups is 1. The largest absolute Gasteiger partial charge is 0.361 e. The predicted molar refractivity (Wildman–Crippen MR) is 135 cm³/mol. The van der Waals surface area contributed by atoms with Crippen LogP contribution in [0.2, 0.25) is 0 Å². The van der Waals surface area contributed by atoms with Gasteiger partial charge in [0.2, 0.25) is 5.91 Å². The number of amides is 1. The molecular formula is C25H39N5OS. The van der Waals surface area contributed by atoms with Crippen LogP contribution in [-0.2, 0) is 4.79 Å². The summed E-state index contributed by atoms with van der Waals surface area (Å²) >= 11 is 1.85. The number of fused-ring (bicyclic) bond motifs is 1. The molecule has 3 heterocycles. The van der Waals surface area contributed by atoms with E-state index in [1.165, 1.54) is 17.4 Å². The highest BCUT2D eigenvalue weighted by molar-refractivity contribution is 7.98. The first kappa shape index (κ1) is 23.6. The number of carbonyl (C=O) groups excluding carboxylic acids is 1. The summed E-state index contributed by atoms with van der Waals surface area (Å²) in [5.41, 5.74) is 2.37. The Balaban J connectivity index is 1.55. The van der Waals surface area contributed by atoms with Gasteiger partial charge in [0, 0.05) is 61.9 Å². The lowest BCUT2D eigenvalue weighted by Gasteiger charge is -2.41. The molecule has 1 aromatic carbocycles. The van der Waals surface area contributed by atoms with Gasteiger partial charge in [0.1, 0.15) is 0 Å². The van der Waals surface area contributed by atoms with Gasteiger partial charge < -0.3 is 20.1 Å². The lowest BCUT2D eigenvalue weighted by atomic mass is 10.0. The summed E-state index contributed by atoms with van der Waals surface area (Å²) in [6.45, 7) is 10.1. The van der Waals surface area contributed by atoms with Gasteiger partial charge in [0.25, 0.3) is 0 Å². The molecule has 2 aliphatic heterocycles. The molecule has 1 amide bonds. The van der Waals surface area contributed by atoms with Gasteiger partial charge >= 0.3 is 0 Å². The van der Waals surface area contributed by atoms with Gasteiger partial charge in [-0.3, -0.25) is 9.69 Å². The van der Waals surface area contributed by atoms with E-state index < -0.39 is 0 Å². The van der Waals surface area contributed by atoms with Crippen LogP contribution in [0.3, 0.4) is 0 Å². The monoisotopic (exact) mass is 457 g/mol. The summed E-state index contributed by atoms with van der Waals surface area (Å²) in [6.07, 6.45) is 7.53. The Morgan fingerprint density at radius 3 is 2.91 bits per heavy atom. The molecule has 176 valence electrons. The molecule has 0 spiro atoms. The summed E-state index contributed by atoms with van der Waals surface area (Å²) in [4.78, 5) is 24.7. The highest BCUT2D eigenvalue weighted by Gasteiger charge is 2.36. The molecule has 2 N–H and O–H groups in total. The van der Waals surface area contributed by atoms with Crippen molar-refractivity contribution in [2.24, 2.45) is 0 Å². The van der Waals surface area contributed by atoms with E-state index in [1.54, 1.807) is 0 Å². The molecule has 1 unspecified atom stereocenters. The van der Waals surface area contributed by atoms with Crippen molar-refractivity contribution in [3.05, 3.63) is 36.0 Å². The topological polar surface area (TPSA) is 54.6 Å². The number of aromatic amines is 1. The Labute approximate surface area is 197 Å². The van der Waals surface area contributed by atoms with Crippen molar-refractivity contribution < 1.29 is 4.79 Å². The number of rotatable bonds is 8. The Morgan fingerprint density at radius 1 is 1.19 bits per heavy atom. The summed E-state index contributed by atoms with van der Waals surface area (Å²) in [7, 11) is 0. The SMILES string of the molecule is CCCN1CCCN([C@H](CCSC)C(=O)N2CCNCC2c2c[nH]c3ccccc23)CC1. The van der Waals surface area contributed by atoms with Crippen LogP contribution in [0.5, 0.6) is 0 Å². The molecule has 2 fully saturated rings. The van der Waals surface area contributed by atoms with Gasteiger partial charge in [-0.05, 0) is 50.4 Å². The molecule has 6 nitrogen and oxygen atoms in total. The number of benzene rings is 1. The highest BCUT2D eigenvalue weighted by atomic mass is 32.2. The molecule has 1 aromatic heterocycles. The molecule has 32 heavy (non-hydrogen) atoms. The minimum absolute atomic E-state index is 0.0187. The van der Waals surface area contributed by atoms with Crippen LogP contribution in [0.4, 0.5) is 0 Å². The van der Waals surface area contributed by atoms with E-state index in [9.17, 15) is 4.79 Å². The van der Waals surface area contributed by atoms with Gasteiger partial charge in [0.05, 0.1) is 12.1 Å². The van der Waals surface area contributed by atoms with Gasteiger partial charge in [-0.2, -0.15) is 11.8 Å². The molecule has 0 radical (unpaired) electrons. The average molecular weight is 458 g/mol. The van der Waals surface area contributed by atoms with E-state index in [0.717, 1.165) is 76.5 Å². The molecule has 2 aromatic rings. The summed E-state index contributed by atoms with van der Waals surface area (Å²) < 4.78 is 0. The van der Waals surface area contributed by atoms with E-state index in [0.29, 0.717) is 5.91 Å². The number of hydrogen-bond acceptors (Lipinski definition) is 5. The minimum Gasteiger partial charge on any atom is -0.361 e. The molecule has 2 aliphatic rings. The van der Waals surface area contributed by atoms with Crippen molar-refractivity contribution in [2.75, 3.05) is 64.4 Å². The van der Waals surface area contributed by atoms with Gasteiger partial charge in [-0.15, -0.1) is 0 Å². The Morgan fingerprint density at radius 2 is 2.06 bits per heavy atom. The Bertz CT molecular complexity index is 871. The number of H-pyrrole nitrogens is 1. The zero-order chi connectivity index (χ0) is 22.3. The molecular weight excluding hydrogens is 418 g/mol. The number of nitrogens with one attached hydrogen (secondary N) is 2. The fourth-order valence-electron chi connectivity index (χ4n) is 5.34. The van der Waals surface area contributed by atoms with Crippen LogP contribution in [0.1, 0.15) is 37.8 Å². The van der Waals surface area contributed by atoms with Crippen molar-refractivity contribution in [2.45, 2.75) is 38.3 Å². The second kappa shape index (κ2) is 11.5. The third-order valence-electron chi connectivity index (χ3n) is 6.99. The maximum absolute atomic E-state index is 14.1. The summed E-state index contributed by atoms with van der Waals surface area (Å²) in [5.74, 6) is 1.34. The molecule has 4 rings (SSSR count). The van der Waals surface area contributed by atoms with Crippen LogP contribution in [-0.4, -0.2) is 96.0 Å². The van der Waals surface area contributed by atoms with Crippen LogP contribution < -0.4 is 5.32 Å². The van der Waals surface area contributed by atoms with E-state index in [1.807, 2.05) is 11.8 Å². The van der Waals surface area contributed by atoms with E-state index in [2.05, 4.69) is 68.6 Å². The maximum atomic E-state index is 14.1.